The smallest absolute Gasteiger partial charge is 0.331 e. The Morgan fingerprint density at radius 2 is 2.17 bits per heavy atom. The molecule has 1 rings (SSSR count). The van der Waals surface area contributed by atoms with Gasteiger partial charge in [-0.2, -0.15) is 0 Å². The molecule has 0 spiro atoms. The third kappa shape index (κ3) is 1.63. The highest BCUT2D eigenvalue weighted by atomic mass is 16.4. The maximum atomic E-state index is 10.4. The van der Waals surface area contributed by atoms with Crippen LogP contribution in [0.25, 0.3) is 0 Å². The molecule has 5 heteroatoms. The predicted molar refractivity (Wildman–Crippen MR) is 40.3 cm³/mol. The summed E-state index contributed by atoms with van der Waals surface area (Å²) in [5, 5.41) is 26.8. The molecular formula is C7H11NO4. The van der Waals surface area contributed by atoms with E-state index in [1.54, 1.807) is 0 Å². The second kappa shape index (κ2) is 3.22. The molecule has 0 saturated carbocycles. The minimum atomic E-state index is -1.12. The fraction of sp³-hybridized carbons (Fsp3) is 0.571. The first kappa shape index (κ1) is 9.18. The molecule has 0 aromatic heterocycles. The Bertz CT molecular complexity index is 225. The Balaban J connectivity index is 2.81. The van der Waals surface area contributed by atoms with E-state index >= 15 is 0 Å². The maximum absolute atomic E-state index is 10.4. The molecule has 0 radical (unpaired) electrons. The molecule has 5 nitrogen and oxygen atoms in total. The van der Waals surface area contributed by atoms with Gasteiger partial charge in [0, 0.05) is 12.0 Å². The van der Waals surface area contributed by atoms with Crippen molar-refractivity contribution in [3.63, 3.8) is 0 Å². The maximum Gasteiger partial charge on any atom is 0.331 e. The molecule has 0 aromatic rings. The second-order valence-electron chi connectivity index (χ2n) is 2.84. The molecule has 0 amide bonds. The number of carbonyl (C=O) groups is 1. The first-order chi connectivity index (χ1) is 5.52. The van der Waals surface area contributed by atoms with E-state index in [1.807, 2.05) is 0 Å². The van der Waals surface area contributed by atoms with Gasteiger partial charge in [0.05, 0.1) is 18.2 Å². The first-order valence-corrected chi connectivity index (χ1v) is 3.58. The van der Waals surface area contributed by atoms with Gasteiger partial charge < -0.3 is 21.1 Å². The number of rotatable bonds is 1. The summed E-state index contributed by atoms with van der Waals surface area (Å²) in [6.45, 7) is 0. The number of hydrogen-bond donors (Lipinski definition) is 4. The predicted octanol–water partition coefficient (Wildman–Crippen LogP) is -1.55. The van der Waals surface area contributed by atoms with Crippen molar-refractivity contribution in [2.45, 2.75) is 24.7 Å². The highest BCUT2D eigenvalue weighted by molar-refractivity contribution is 5.87. The van der Waals surface area contributed by atoms with Crippen molar-refractivity contribution in [1.29, 1.82) is 0 Å². The van der Waals surface area contributed by atoms with E-state index in [0.717, 1.165) is 0 Å². The summed E-state index contributed by atoms with van der Waals surface area (Å²) in [7, 11) is 0. The van der Waals surface area contributed by atoms with E-state index in [-0.39, 0.29) is 12.0 Å². The van der Waals surface area contributed by atoms with Crippen molar-refractivity contribution in [3.8, 4) is 0 Å². The number of carboxylic acid groups (broad SMARTS) is 1. The Hall–Kier alpha value is -0.910. The van der Waals surface area contributed by atoms with Gasteiger partial charge in [-0.15, -0.1) is 0 Å². The molecule has 1 aliphatic rings. The quantitative estimate of drug-likeness (QED) is 0.384. The molecule has 0 bridgehead atoms. The first-order valence-electron chi connectivity index (χ1n) is 3.58. The molecule has 12 heavy (non-hydrogen) atoms. The Morgan fingerprint density at radius 3 is 2.58 bits per heavy atom. The van der Waals surface area contributed by atoms with Crippen LogP contribution in [0.1, 0.15) is 6.42 Å². The zero-order valence-corrected chi connectivity index (χ0v) is 6.34. The summed E-state index contributed by atoms with van der Waals surface area (Å²) in [6, 6.07) is -0.784. The van der Waals surface area contributed by atoms with Crippen LogP contribution in [0, 0.1) is 0 Å². The minimum absolute atomic E-state index is 0.00639. The van der Waals surface area contributed by atoms with Crippen molar-refractivity contribution in [1.82, 2.24) is 0 Å². The molecule has 68 valence electrons. The van der Waals surface area contributed by atoms with E-state index in [1.165, 1.54) is 6.08 Å². The van der Waals surface area contributed by atoms with Crippen LogP contribution in [0.4, 0.5) is 0 Å². The van der Waals surface area contributed by atoms with Gasteiger partial charge in [-0.25, -0.2) is 4.79 Å². The highest BCUT2D eigenvalue weighted by Crippen LogP contribution is 2.17. The van der Waals surface area contributed by atoms with Gasteiger partial charge in [0.1, 0.15) is 0 Å². The zero-order valence-electron chi connectivity index (χ0n) is 6.34. The van der Waals surface area contributed by atoms with E-state index in [0.29, 0.717) is 0 Å². The topological polar surface area (TPSA) is 104 Å². The van der Waals surface area contributed by atoms with Crippen molar-refractivity contribution in [3.05, 3.63) is 11.6 Å². The molecule has 0 unspecified atom stereocenters. The van der Waals surface area contributed by atoms with Gasteiger partial charge in [0.25, 0.3) is 0 Å². The number of aliphatic carboxylic acids is 1. The average Bonchev–Trinajstić information content (AvgIpc) is 1.99. The fourth-order valence-electron chi connectivity index (χ4n) is 1.13. The van der Waals surface area contributed by atoms with E-state index in [2.05, 4.69) is 0 Å². The molecule has 0 saturated heterocycles. The molecular weight excluding hydrogens is 162 g/mol. The van der Waals surface area contributed by atoms with Gasteiger partial charge in [-0.3, -0.25) is 0 Å². The monoisotopic (exact) mass is 173 g/mol. The normalized spacial score (nSPS) is 35.9. The van der Waals surface area contributed by atoms with Crippen LogP contribution >= 0.6 is 0 Å². The summed E-state index contributed by atoms with van der Waals surface area (Å²) >= 11 is 0. The molecule has 0 aromatic carbocycles. The third-order valence-corrected chi connectivity index (χ3v) is 1.91. The summed E-state index contributed by atoms with van der Waals surface area (Å²) in [4.78, 5) is 10.4. The lowest BCUT2D eigenvalue weighted by Gasteiger charge is -2.26. The molecule has 0 fully saturated rings. The average molecular weight is 173 g/mol. The van der Waals surface area contributed by atoms with Crippen molar-refractivity contribution < 1.29 is 20.1 Å². The van der Waals surface area contributed by atoms with Crippen molar-refractivity contribution in [2.75, 3.05) is 0 Å². The lowest BCUT2D eigenvalue weighted by Crippen LogP contribution is -2.47. The molecule has 3 atom stereocenters. The van der Waals surface area contributed by atoms with Gasteiger partial charge >= 0.3 is 5.97 Å². The number of hydrogen-bond acceptors (Lipinski definition) is 4. The summed E-state index contributed by atoms with van der Waals surface area (Å²) in [5.41, 5.74) is 5.36. The number of nitrogens with two attached hydrogens (primary N) is 1. The lowest BCUT2D eigenvalue weighted by atomic mass is 9.91. The Labute approximate surface area is 69.1 Å². The molecule has 0 aliphatic heterocycles. The Kier molecular flexibility index (Phi) is 2.46. The van der Waals surface area contributed by atoms with Gasteiger partial charge in [-0.1, -0.05) is 0 Å². The van der Waals surface area contributed by atoms with Crippen LogP contribution in [0.15, 0.2) is 11.6 Å². The van der Waals surface area contributed by atoms with Crippen LogP contribution in [-0.4, -0.2) is 39.5 Å². The van der Waals surface area contributed by atoms with Crippen LogP contribution in [-0.2, 0) is 4.79 Å². The molecule has 1 aliphatic carbocycles. The number of aliphatic hydroxyl groups is 2. The summed E-state index contributed by atoms with van der Waals surface area (Å²) in [6.07, 6.45) is -0.885. The SMILES string of the molecule is N[C@H]1[C@H](O)C=C(C(=O)O)C[C@H]1O. The van der Waals surface area contributed by atoms with Crippen LogP contribution < -0.4 is 5.73 Å². The molecule has 0 heterocycles. The largest absolute Gasteiger partial charge is 0.478 e. The van der Waals surface area contributed by atoms with Gasteiger partial charge in [0.15, 0.2) is 0 Å². The second-order valence-corrected chi connectivity index (χ2v) is 2.84. The van der Waals surface area contributed by atoms with Gasteiger partial charge in [0.2, 0.25) is 0 Å². The minimum Gasteiger partial charge on any atom is -0.478 e. The highest BCUT2D eigenvalue weighted by Gasteiger charge is 2.29. The van der Waals surface area contributed by atoms with Crippen molar-refractivity contribution in [2.24, 2.45) is 5.73 Å². The number of aliphatic hydroxyl groups excluding tert-OH is 2. The lowest BCUT2D eigenvalue weighted by molar-refractivity contribution is -0.133. The van der Waals surface area contributed by atoms with Crippen LogP contribution in [0.3, 0.4) is 0 Å². The molecule has 5 N–H and O–H groups in total. The standard InChI is InChI=1S/C7H11NO4/c8-6-4(9)1-3(7(11)12)2-5(6)10/h1,4-6,9-10H,2,8H2,(H,11,12)/t4-,5-,6+/m1/s1. The van der Waals surface area contributed by atoms with Crippen molar-refractivity contribution >= 4 is 5.97 Å². The number of carboxylic acids is 1. The van der Waals surface area contributed by atoms with E-state index in [9.17, 15) is 9.90 Å². The Morgan fingerprint density at radius 1 is 1.58 bits per heavy atom. The zero-order chi connectivity index (χ0) is 9.30. The third-order valence-electron chi connectivity index (χ3n) is 1.91. The fourth-order valence-corrected chi connectivity index (χ4v) is 1.13. The van der Waals surface area contributed by atoms with Crippen LogP contribution in [0.5, 0.6) is 0 Å². The summed E-state index contributed by atoms with van der Waals surface area (Å²) in [5.74, 6) is -1.12. The van der Waals surface area contributed by atoms with Crippen LogP contribution in [0.2, 0.25) is 0 Å². The van der Waals surface area contributed by atoms with Gasteiger partial charge in [-0.05, 0) is 6.08 Å². The van der Waals surface area contributed by atoms with E-state index in [4.69, 9.17) is 15.9 Å². The summed E-state index contributed by atoms with van der Waals surface area (Å²) < 4.78 is 0. The van der Waals surface area contributed by atoms with E-state index < -0.39 is 24.2 Å².